The maximum absolute atomic E-state index is 13.1. The molecule has 3 aromatic rings. The minimum absolute atomic E-state index is 0.123. The minimum Gasteiger partial charge on any atom is -0.381 e. The lowest BCUT2D eigenvalue weighted by atomic mass is 10.3. The van der Waals surface area contributed by atoms with Crippen molar-refractivity contribution in [2.24, 2.45) is 0 Å². The smallest absolute Gasteiger partial charge is 0.348 e. The molecule has 2 heterocycles. The van der Waals surface area contributed by atoms with Crippen molar-refractivity contribution in [2.75, 3.05) is 5.73 Å². The monoisotopic (exact) mass is 219 g/mol. The first-order valence-corrected chi connectivity index (χ1v) is 4.49. The first-order valence-electron chi connectivity index (χ1n) is 4.49. The molecule has 0 amide bonds. The Labute approximate surface area is 87.5 Å². The van der Waals surface area contributed by atoms with Crippen LogP contribution < -0.4 is 11.4 Å². The largest absolute Gasteiger partial charge is 0.381 e. The third kappa shape index (κ3) is 1.02. The van der Waals surface area contributed by atoms with Gasteiger partial charge in [-0.05, 0) is 12.1 Å². The molecule has 0 saturated heterocycles. The molecule has 0 unspecified atom stereocenters. The average molecular weight is 219 g/mol. The summed E-state index contributed by atoms with van der Waals surface area (Å²) in [5.41, 5.74) is 6.13. The van der Waals surface area contributed by atoms with Crippen LogP contribution in [0.1, 0.15) is 0 Å². The first-order chi connectivity index (χ1) is 7.66. The second-order valence-corrected chi connectivity index (χ2v) is 3.32. The third-order valence-corrected chi connectivity index (χ3v) is 2.32. The van der Waals surface area contributed by atoms with Crippen molar-refractivity contribution in [1.29, 1.82) is 0 Å². The quantitative estimate of drug-likeness (QED) is 0.568. The van der Waals surface area contributed by atoms with Gasteiger partial charge in [-0.3, -0.25) is 0 Å². The van der Waals surface area contributed by atoms with Gasteiger partial charge < -0.3 is 5.73 Å². The maximum Gasteiger partial charge on any atom is 0.348 e. The van der Waals surface area contributed by atoms with Gasteiger partial charge in [0.05, 0.1) is 11.0 Å². The summed E-state index contributed by atoms with van der Waals surface area (Å²) >= 11 is 0. The van der Waals surface area contributed by atoms with Gasteiger partial charge in [-0.15, -0.1) is 5.10 Å². The predicted molar refractivity (Wildman–Crippen MR) is 55.5 cm³/mol. The van der Waals surface area contributed by atoms with Crippen LogP contribution in [0.4, 0.5) is 10.2 Å². The number of hydrogen-bond donors (Lipinski definition) is 2. The van der Waals surface area contributed by atoms with Gasteiger partial charge in [-0.25, -0.2) is 23.7 Å². The van der Waals surface area contributed by atoms with E-state index in [1.165, 1.54) is 22.6 Å². The van der Waals surface area contributed by atoms with Crippen molar-refractivity contribution in [3.8, 4) is 0 Å². The molecule has 16 heavy (non-hydrogen) atoms. The highest BCUT2D eigenvalue weighted by Gasteiger charge is 2.10. The van der Waals surface area contributed by atoms with Crippen molar-refractivity contribution < 1.29 is 4.39 Å². The number of aromatic amines is 1. The predicted octanol–water partition coefficient (Wildman–Crippen LogP) is 0.292. The van der Waals surface area contributed by atoms with Crippen LogP contribution in [-0.2, 0) is 0 Å². The summed E-state index contributed by atoms with van der Waals surface area (Å²) in [4.78, 5) is 15.5. The number of nitrogens with zero attached hydrogens (tertiary/aromatic N) is 3. The Morgan fingerprint density at radius 3 is 3.06 bits per heavy atom. The molecule has 0 saturated carbocycles. The van der Waals surface area contributed by atoms with Gasteiger partial charge in [0.2, 0.25) is 5.65 Å². The van der Waals surface area contributed by atoms with Crippen LogP contribution in [0.3, 0.4) is 0 Å². The van der Waals surface area contributed by atoms with E-state index in [-0.39, 0.29) is 11.5 Å². The summed E-state index contributed by atoms with van der Waals surface area (Å²) in [6.07, 6.45) is 0. The molecule has 0 radical (unpaired) electrons. The Hall–Kier alpha value is -2.44. The summed E-state index contributed by atoms with van der Waals surface area (Å²) < 4.78 is 14.3. The highest BCUT2D eigenvalue weighted by Crippen LogP contribution is 2.16. The molecule has 6 nitrogen and oxygen atoms in total. The second-order valence-electron chi connectivity index (χ2n) is 3.32. The molecule has 1 aromatic carbocycles. The summed E-state index contributed by atoms with van der Waals surface area (Å²) in [6.45, 7) is 0. The number of anilines is 1. The zero-order valence-electron chi connectivity index (χ0n) is 7.94. The van der Waals surface area contributed by atoms with Gasteiger partial charge in [0.15, 0.2) is 5.82 Å². The maximum atomic E-state index is 13.1. The molecule has 3 rings (SSSR count). The lowest BCUT2D eigenvalue weighted by Crippen LogP contribution is -2.11. The SMILES string of the molecule is Nc1nc2ccc(F)cc2n2c(=O)[nH]nc12. The second kappa shape index (κ2) is 2.78. The van der Waals surface area contributed by atoms with E-state index >= 15 is 0 Å². The van der Waals surface area contributed by atoms with Crippen LogP contribution in [0, 0.1) is 5.82 Å². The Morgan fingerprint density at radius 2 is 2.25 bits per heavy atom. The molecule has 0 spiro atoms. The van der Waals surface area contributed by atoms with E-state index in [0.29, 0.717) is 11.0 Å². The Kier molecular flexibility index (Phi) is 1.54. The number of nitrogens with two attached hydrogens (primary N) is 1. The highest BCUT2D eigenvalue weighted by atomic mass is 19.1. The lowest BCUT2D eigenvalue weighted by Gasteiger charge is -2.01. The zero-order chi connectivity index (χ0) is 11.3. The van der Waals surface area contributed by atoms with E-state index in [1.54, 1.807) is 0 Å². The van der Waals surface area contributed by atoms with Crippen molar-refractivity contribution in [3.63, 3.8) is 0 Å². The van der Waals surface area contributed by atoms with E-state index in [0.717, 1.165) is 0 Å². The standard InChI is InChI=1S/C9H6FN5O/c10-4-1-2-5-6(3-4)15-8(7(11)12-5)13-14-9(15)16/h1-3H,(H2,11,12)(H,14,16). The van der Waals surface area contributed by atoms with Crippen LogP contribution in [0.25, 0.3) is 16.7 Å². The van der Waals surface area contributed by atoms with Crippen LogP contribution in [0.2, 0.25) is 0 Å². The van der Waals surface area contributed by atoms with Crippen LogP contribution >= 0.6 is 0 Å². The van der Waals surface area contributed by atoms with E-state index in [2.05, 4.69) is 15.2 Å². The molecule has 0 aliphatic heterocycles. The third-order valence-electron chi connectivity index (χ3n) is 2.32. The summed E-state index contributed by atoms with van der Waals surface area (Å²) in [5, 5.41) is 5.96. The van der Waals surface area contributed by atoms with Crippen molar-refractivity contribution in [3.05, 3.63) is 34.5 Å². The Bertz CT molecular complexity index is 760. The number of hydrogen-bond acceptors (Lipinski definition) is 4. The summed E-state index contributed by atoms with van der Waals surface area (Å²) in [7, 11) is 0. The van der Waals surface area contributed by atoms with E-state index in [9.17, 15) is 9.18 Å². The summed E-state index contributed by atoms with van der Waals surface area (Å²) in [5.74, 6) is -0.328. The molecule has 0 bridgehead atoms. The fraction of sp³-hybridized carbons (Fsp3) is 0. The van der Waals surface area contributed by atoms with Crippen LogP contribution in [0.5, 0.6) is 0 Å². The number of nitrogens with one attached hydrogen (secondary N) is 1. The summed E-state index contributed by atoms with van der Waals surface area (Å²) in [6, 6.07) is 3.93. The Balaban J connectivity index is 2.69. The normalized spacial score (nSPS) is 11.3. The van der Waals surface area contributed by atoms with Crippen molar-refractivity contribution >= 4 is 22.5 Å². The molecule has 0 aliphatic rings. The highest BCUT2D eigenvalue weighted by molar-refractivity contribution is 5.81. The van der Waals surface area contributed by atoms with E-state index < -0.39 is 11.5 Å². The molecule has 3 N–H and O–H groups in total. The Morgan fingerprint density at radius 1 is 1.44 bits per heavy atom. The van der Waals surface area contributed by atoms with Gasteiger partial charge in [0.25, 0.3) is 0 Å². The van der Waals surface area contributed by atoms with Crippen molar-refractivity contribution in [2.45, 2.75) is 0 Å². The van der Waals surface area contributed by atoms with Gasteiger partial charge in [-0.2, -0.15) is 0 Å². The topological polar surface area (TPSA) is 89.1 Å². The van der Waals surface area contributed by atoms with Gasteiger partial charge in [0, 0.05) is 6.07 Å². The van der Waals surface area contributed by atoms with Crippen LogP contribution in [0.15, 0.2) is 23.0 Å². The number of rotatable bonds is 0. The van der Waals surface area contributed by atoms with Crippen molar-refractivity contribution in [1.82, 2.24) is 19.6 Å². The molecule has 0 aliphatic carbocycles. The number of H-pyrrole nitrogens is 1. The zero-order valence-corrected chi connectivity index (χ0v) is 7.94. The molecule has 2 aromatic heterocycles. The minimum atomic E-state index is -0.472. The molecule has 80 valence electrons. The average Bonchev–Trinajstić information content (AvgIpc) is 2.63. The molecular formula is C9H6FN5O. The number of fused-ring (bicyclic) bond motifs is 3. The van der Waals surface area contributed by atoms with E-state index in [1.807, 2.05) is 0 Å². The molecular weight excluding hydrogens is 213 g/mol. The number of aromatic nitrogens is 4. The fourth-order valence-electron chi connectivity index (χ4n) is 1.64. The number of benzene rings is 1. The number of nitrogen functional groups attached to an aromatic ring is 1. The fourth-order valence-corrected chi connectivity index (χ4v) is 1.64. The van der Waals surface area contributed by atoms with Gasteiger partial charge >= 0.3 is 5.69 Å². The van der Waals surface area contributed by atoms with E-state index in [4.69, 9.17) is 5.73 Å². The van der Waals surface area contributed by atoms with Gasteiger partial charge in [-0.1, -0.05) is 0 Å². The molecule has 7 heteroatoms. The van der Waals surface area contributed by atoms with Gasteiger partial charge in [0.1, 0.15) is 5.82 Å². The molecule has 0 fully saturated rings. The first kappa shape index (κ1) is 8.84. The lowest BCUT2D eigenvalue weighted by molar-refractivity contribution is 0.629. The number of halogens is 1. The van der Waals surface area contributed by atoms with Crippen LogP contribution in [-0.4, -0.2) is 19.6 Å². The molecule has 0 atom stereocenters.